The van der Waals surface area contributed by atoms with Gasteiger partial charge in [0.05, 0.1) is 0 Å². The van der Waals surface area contributed by atoms with Crippen LogP contribution >= 0.6 is 0 Å². The lowest BCUT2D eigenvalue weighted by atomic mass is 9.89. The van der Waals surface area contributed by atoms with Crippen molar-refractivity contribution in [1.29, 1.82) is 0 Å². The number of carbonyl (C=O) groups is 1. The Kier molecular flexibility index (Phi) is 6.38. The summed E-state index contributed by atoms with van der Waals surface area (Å²) in [4.78, 5) is 13.7. The van der Waals surface area contributed by atoms with Crippen LogP contribution in [0.25, 0.3) is 10.9 Å². The zero-order chi connectivity index (χ0) is 20.9. The highest BCUT2D eigenvalue weighted by Gasteiger charge is 2.23. The maximum atomic E-state index is 11.3. The summed E-state index contributed by atoms with van der Waals surface area (Å²) in [5, 5.41) is 10.7. The summed E-state index contributed by atoms with van der Waals surface area (Å²) in [6.07, 6.45) is 5.81. The van der Waals surface area contributed by atoms with Gasteiger partial charge in [0.1, 0.15) is 17.9 Å². The number of aromatic carboxylic acids is 1. The summed E-state index contributed by atoms with van der Waals surface area (Å²) in [7, 11) is 0. The van der Waals surface area contributed by atoms with Crippen LogP contribution < -0.4 is 4.74 Å². The van der Waals surface area contributed by atoms with Crippen LogP contribution in [-0.2, 0) is 6.54 Å². The third-order valence-electron chi connectivity index (χ3n) is 6.09. The number of aromatic nitrogens is 1. The molecule has 0 atom stereocenters. The normalized spacial score (nSPS) is 15.5. The molecule has 158 valence electrons. The maximum absolute atomic E-state index is 11.3. The van der Waals surface area contributed by atoms with Crippen LogP contribution in [-0.4, -0.2) is 46.8 Å². The number of piperidine rings is 1. The molecule has 1 saturated heterocycles. The van der Waals surface area contributed by atoms with Gasteiger partial charge in [0.15, 0.2) is 0 Å². The van der Waals surface area contributed by atoms with Gasteiger partial charge in [-0.1, -0.05) is 37.3 Å². The number of nitrogens with zero attached hydrogens (tertiary/aromatic N) is 2. The van der Waals surface area contributed by atoms with Crippen LogP contribution in [0.1, 0.15) is 48.0 Å². The fraction of sp³-hybridized carbons (Fsp3) is 0.400. The molecule has 1 fully saturated rings. The summed E-state index contributed by atoms with van der Waals surface area (Å²) in [5.41, 5.74) is 3.06. The minimum absolute atomic E-state index is 0.222. The van der Waals surface area contributed by atoms with E-state index in [9.17, 15) is 9.90 Å². The largest absolute Gasteiger partial charge is 0.491 e. The van der Waals surface area contributed by atoms with E-state index in [1.54, 1.807) is 18.2 Å². The van der Waals surface area contributed by atoms with Crippen molar-refractivity contribution < 1.29 is 14.6 Å². The molecule has 0 radical (unpaired) electrons. The number of hydrogen-bond donors (Lipinski definition) is 1. The molecule has 5 nitrogen and oxygen atoms in total. The Labute approximate surface area is 177 Å². The van der Waals surface area contributed by atoms with Gasteiger partial charge in [0.25, 0.3) is 0 Å². The fourth-order valence-corrected chi connectivity index (χ4v) is 4.55. The van der Waals surface area contributed by atoms with Gasteiger partial charge in [-0.25, -0.2) is 4.79 Å². The van der Waals surface area contributed by atoms with Gasteiger partial charge in [-0.05, 0) is 62.0 Å². The predicted molar refractivity (Wildman–Crippen MR) is 120 cm³/mol. The van der Waals surface area contributed by atoms with Crippen molar-refractivity contribution in [3.05, 3.63) is 65.9 Å². The molecule has 1 aromatic heterocycles. The SMILES string of the molecule is CCCn1cc(C2CCN(CCOc3ccccc3C(=O)O)CC2)c2ccccc21. The van der Waals surface area contributed by atoms with Crippen LogP contribution in [0.15, 0.2) is 54.7 Å². The van der Waals surface area contributed by atoms with Gasteiger partial charge < -0.3 is 14.4 Å². The smallest absolute Gasteiger partial charge is 0.339 e. The second kappa shape index (κ2) is 9.35. The van der Waals surface area contributed by atoms with E-state index in [1.807, 2.05) is 6.07 Å². The number of para-hydroxylation sites is 2. The van der Waals surface area contributed by atoms with Crippen molar-refractivity contribution in [2.45, 2.75) is 38.6 Å². The number of ether oxygens (including phenoxy) is 1. The molecule has 5 heteroatoms. The van der Waals surface area contributed by atoms with Crippen molar-refractivity contribution in [3.8, 4) is 5.75 Å². The number of hydrogen-bond acceptors (Lipinski definition) is 3. The molecule has 0 spiro atoms. The predicted octanol–water partition coefficient (Wildman–Crippen LogP) is 5.01. The Hall–Kier alpha value is -2.79. The first-order valence-corrected chi connectivity index (χ1v) is 10.9. The van der Waals surface area contributed by atoms with Crippen molar-refractivity contribution in [3.63, 3.8) is 0 Å². The molecule has 3 aromatic rings. The van der Waals surface area contributed by atoms with E-state index in [2.05, 4.69) is 46.9 Å². The van der Waals surface area contributed by atoms with Crippen molar-refractivity contribution in [2.24, 2.45) is 0 Å². The molecule has 4 rings (SSSR count). The van der Waals surface area contributed by atoms with Crippen molar-refractivity contribution >= 4 is 16.9 Å². The third kappa shape index (κ3) is 4.36. The van der Waals surface area contributed by atoms with Gasteiger partial charge >= 0.3 is 5.97 Å². The fourth-order valence-electron chi connectivity index (χ4n) is 4.55. The highest BCUT2D eigenvalue weighted by atomic mass is 16.5. The number of aryl methyl sites for hydroxylation is 1. The van der Waals surface area contributed by atoms with Gasteiger partial charge in [-0.15, -0.1) is 0 Å². The van der Waals surface area contributed by atoms with Crippen molar-refractivity contribution in [1.82, 2.24) is 9.47 Å². The van der Waals surface area contributed by atoms with Crippen LogP contribution in [0.5, 0.6) is 5.75 Å². The maximum Gasteiger partial charge on any atom is 0.339 e. The van der Waals surface area contributed by atoms with E-state index >= 15 is 0 Å². The first-order chi connectivity index (χ1) is 14.7. The number of fused-ring (bicyclic) bond motifs is 1. The number of likely N-dealkylation sites (tertiary alicyclic amines) is 1. The minimum Gasteiger partial charge on any atom is -0.491 e. The minimum atomic E-state index is -0.950. The lowest BCUT2D eigenvalue weighted by molar-refractivity contribution is 0.0691. The van der Waals surface area contributed by atoms with E-state index in [0.29, 0.717) is 18.3 Å². The molecule has 0 saturated carbocycles. The summed E-state index contributed by atoms with van der Waals surface area (Å²) in [6, 6.07) is 15.6. The van der Waals surface area contributed by atoms with Gasteiger partial charge in [-0.3, -0.25) is 4.90 Å². The highest BCUT2D eigenvalue weighted by Crippen LogP contribution is 2.34. The molecule has 2 aromatic carbocycles. The lowest BCUT2D eigenvalue weighted by Crippen LogP contribution is -2.35. The molecule has 2 heterocycles. The molecule has 0 amide bonds. The summed E-state index contributed by atoms with van der Waals surface area (Å²) < 4.78 is 8.18. The third-order valence-corrected chi connectivity index (χ3v) is 6.09. The highest BCUT2D eigenvalue weighted by molar-refractivity contribution is 5.90. The van der Waals surface area contributed by atoms with E-state index < -0.39 is 5.97 Å². The number of carboxylic acids is 1. The average Bonchev–Trinajstić information content (AvgIpc) is 3.13. The zero-order valence-electron chi connectivity index (χ0n) is 17.6. The molecule has 0 bridgehead atoms. The second-order valence-electron chi connectivity index (χ2n) is 8.06. The Morgan fingerprint density at radius 2 is 1.80 bits per heavy atom. The van der Waals surface area contributed by atoms with Gasteiger partial charge in [-0.2, -0.15) is 0 Å². The molecule has 30 heavy (non-hydrogen) atoms. The quantitative estimate of drug-likeness (QED) is 0.571. The first kappa shape index (κ1) is 20.5. The summed E-state index contributed by atoms with van der Waals surface area (Å²) in [6.45, 7) is 6.70. The second-order valence-corrected chi connectivity index (χ2v) is 8.06. The van der Waals surface area contributed by atoms with Crippen LogP contribution in [0.4, 0.5) is 0 Å². The average molecular weight is 407 g/mol. The zero-order valence-corrected chi connectivity index (χ0v) is 17.6. The van der Waals surface area contributed by atoms with E-state index in [1.165, 1.54) is 16.5 Å². The van der Waals surface area contributed by atoms with Gasteiger partial charge in [0, 0.05) is 30.2 Å². The van der Waals surface area contributed by atoms with E-state index in [4.69, 9.17) is 4.74 Å². The standard InChI is InChI=1S/C25H30N2O3/c1-2-13-27-18-22(20-7-3-5-9-23(20)27)19-11-14-26(15-12-19)16-17-30-24-10-6-4-8-21(24)25(28)29/h3-10,18-19H,2,11-17H2,1H3,(H,28,29). The van der Waals surface area contributed by atoms with Crippen LogP contribution in [0, 0.1) is 0 Å². The number of carboxylic acid groups (broad SMARTS) is 1. The molecular formula is C25H30N2O3. The van der Waals surface area contributed by atoms with Crippen LogP contribution in [0.3, 0.4) is 0 Å². The van der Waals surface area contributed by atoms with E-state index in [0.717, 1.165) is 45.4 Å². The van der Waals surface area contributed by atoms with Crippen LogP contribution in [0.2, 0.25) is 0 Å². The lowest BCUT2D eigenvalue weighted by Gasteiger charge is -2.31. The molecule has 0 unspecified atom stereocenters. The number of rotatable bonds is 8. The Balaban J connectivity index is 1.34. The Morgan fingerprint density at radius 3 is 2.57 bits per heavy atom. The topological polar surface area (TPSA) is 54.7 Å². The Bertz CT molecular complexity index is 1000. The summed E-state index contributed by atoms with van der Waals surface area (Å²) >= 11 is 0. The molecule has 1 N–H and O–H groups in total. The van der Waals surface area contributed by atoms with Crippen molar-refractivity contribution in [2.75, 3.05) is 26.2 Å². The monoisotopic (exact) mass is 406 g/mol. The molecule has 1 aliphatic rings. The Morgan fingerprint density at radius 1 is 1.07 bits per heavy atom. The molecular weight excluding hydrogens is 376 g/mol. The van der Waals surface area contributed by atoms with Gasteiger partial charge in [0.2, 0.25) is 0 Å². The molecule has 0 aliphatic carbocycles. The molecule has 1 aliphatic heterocycles. The number of benzene rings is 2. The first-order valence-electron chi connectivity index (χ1n) is 10.9. The summed E-state index contributed by atoms with van der Waals surface area (Å²) in [5.74, 6) is 0.0928. The van der Waals surface area contributed by atoms with E-state index in [-0.39, 0.29) is 5.56 Å².